The van der Waals surface area contributed by atoms with Gasteiger partial charge in [-0.1, -0.05) is 44.2 Å². The van der Waals surface area contributed by atoms with Gasteiger partial charge in [-0.25, -0.2) is 0 Å². The normalized spacial score (nSPS) is 25.8. The Morgan fingerprint density at radius 3 is 2.50 bits per heavy atom. The molecule has 4 unspecified atom stereocenters. The van der Waals surface area contributed by atoms with Crippen LogP contribution in [0.3, 0.4) is 0 Å². The summed E-state index contributed by atoms with van der Waals surface area (Å²) < 4.78 is 5.94. The van der Waals surface area contributed by atoms with Crippen molar-refractivity contribution in [2.24, 2.45) is 4.99 Å². The van der Waals surface area contributed by atoms with Crippen LogP contribution in [0, 0.1) is 0 Å². The zero-order valence-corrected chi connectivity index (χ0v) is 18.5. The molecule has 2 aliphatic heterocycles. The number of hydrogen-bond acceptors (Lipinski definition) is 3. The molecular weight excluding hydrogens is 439 g/mol. The lowest BCUT2D eigenvalue weighted by molar-refractivity contribution is 0.0992. The summed E-state index contributed by atoms with van der Waals surface area (Å²) in [6.45, 7) is 7.35. The molecule has 0 radical (unpaired) electrons. The molecule has 0 amide bonds. The molecule has 0 saturated carbocycles. The topological polar surface area (TPSA) is 48.9 Å². The highest BCUT2D eigenvalue weighted by Crippen LogP contribution is 2.34. The van der Waals surface area contributed by atoms with Gasteiger partial charge in [-0.05, 0) is 37.9 Å². The molecule has 6 heteroatoms. The average Bonchev–Trinajstić information content (AvgIpc) is 3.27. The maximum absolute atomic E-state index is 5.94. The zero-order chi connectivity index (χ0) is 17.6. The number of fused-ring (bicyclic) bond motifs is 2. The van der Waals surface area contributed by atoms with E-state index < -0.39 is 0 Å². The van der Waals surface area contributed by atoms with Crippen LogP contribution in [0.25, 0.3) is 0 Å². The Balaban J connectivity index is 0.00000243. The molecule has 2 heterocycles. The number of nitrogens with zero attached hydrogens (tertiary/aromatic N) is 2. The van der Waals surface area contributed by atoms with Gasteiger partial charge in [0.05, 0.1) is 24.3 Å². The van der Waals surface area contributed by atoms with Crippen molar-refractivity contribution >= 4 is 29.9 Å². The van der Waals surface area contributed by atoms with Crippen LogP contribution in [0.1, 0.15) is 44.7 Å². The van der Waals surface area contributed by atoms with Gasteiger partial charge in [-0.15, -0.1) is 24.0 Å². The van der Waals surface area contributed by atoms with Crippen molar-refractivity contribution in [2.75, 3.05) is 26.7 Å². The smallest absolute Gasteiger partial charge is 0.191 e. The molecule has 0 aliphatic carbocycles. The third kappa shape index (κ3) is 5.10. The number of benzene rings is 1. The highest BCUT2D eigenvalue weighted by Gasteiger charge is 2.41. The molecule has 2 fully saturated rings. The highest BCUT2D eigenvalue weighted by molar-refractivity contribution is 14.0. The van der Waals surface area contributed by atoms with E-state index in [4.69, 9.17) is 4.74 Å². The first-order valence-corrected chi connectivity index (χ1v) is 9.66. The summed E-state index contributed by atoms with van der Waals surface area (Å²) in [5.74, 6) is 0.884. The summed E-state index contributed by atoms with van der Waals surface area (Å²) in [4.78, 5) is 6.91. The molecule has 3 rings (SSSR count). The monoisotopic (exact) mass is 472 g/mol. The third-order valence-electron chi connectivity index (χ3n) is 5.55. The van der Waals surface area contributed by atoms with Crippen LogP contribution in [0.2, 0.25) is 0 Å². The van der Waals surface area contributed by atoms with Gasteiger partial charge in [0.15, 0.2) is 5.96 Å². The zero-order valence-electron chi connectivity index (χ0n) is 16.1. The number of guanidine groups is 1. The first-order chi connectivity index (χ1) is 12.2. The van der Waals surface area contributed by atoms with Gasteiger partial charge in [0.2, 0.25) is 0 Å². The molecule has 2 saturated heterocycles. The molecule has 0 spiro atoms. The quantitative estimate of drug-likeness (QED) is 0.364. The van der Waals surface area contributed by atoms with Crippen molar-refractivity contribution in [3.8, 4) is 0 Å². The van der Waals surface area contributed by atoms with E-state index in [0.29, 0.717) is 24.3 Å². The maximum Gasteiger partial charge on any atom is 0.191 e. The Morgan fingerprint density at radius 2 is 1.96 bits per heavy atom. The van der Waals surface area contributed by atoms with Crippen molar-refractivity contribution < 1.29 is 4.74 Å². The van der Waals surface area contributed by atoms with Gasteiger partial charge in [-0.3, -0.25) is 9.89 Å². The van der Waals surface area contributed by atoms with E-state index in [0.717, 1.165) is 32.0 Å². The number of likely N-dealkylation sites (N-methyl/N-ethyl adjacent to an activating group) is 1. The molecule has 2 aliphatic rings. The molecule has 0 aromatic heterocycles. The first kappa shape index (κ1) is 21.4. The van der Waals surface area contributed by atoms with Crippen LogP contribution in [-0.4, -0.2) is 55.8 Å². The van der Waals surface area contributed by atoms with Crippen molar-refractivity contribution in [1.29, 1.82) is 0 Å². The molecule has 26 heavy (non-hydrogen) atoms. The second-order valence-corrected chi connectivity index (χ2v) is 6.96. The molecule has 5 nitrogen and oxygen atoms in total. The summed E-state index contributed by atoms with van der Waals surface area (Å²) in [5.41, 5.74) is 1.34. The number of rotatable bonds is 7. The van der Waals surface area contributed by atoms with Crippen LogP contribution in [0.5, 0.6) is 0 Å². The molecule has 1 aromatic rings. The van der Waals surface area contributed by atoms with E-state index in [1.54, 1.807) is 0 Å². The fourth-order valence-electron chi connectivity index (χ4n) is 4.15. The second kappa shape index (κ2) is 10.5. The summed E-state index contributed by atoms with van der Waals surface area (Å²) in [5, 5.41) is 7.12. The maximum atomic E-state index is 5.94. The van der Waals surface area contributed by atoms with Gasteiger partial charge in [-0.2, -0.15) is 0 Å². The fourth-order valence-corrected chi connectivity index (χ4v) is 4.15. The van der Waals surface area contributed by atoms with Crippen molar-refractivity contribution in [3.05, 3.63) is 35.9 Å². The Labute approximate surface area is 175 Å². The number of ether oxygens (including phenoxy) is 1. The summed E-state index contributed by atoms with van der Waals surface area (Å²) in [6.07, 6.45) is 4.30. The Kier molecular flexibility index (Phi) is 8.63. The predicted octanol–water partition coefficient (Wildman–Crippen LogP) is 3.17. The minimum Gasteiger partial charge on any atom is -0.373 e. The van der Waals surface area contributed by atoms with Gasteiger partial charge >= 0.3 is 0 Å². The van der Waals surface area contributed by atoms with E-state index in [9.17, 15) is 0 Å². The van der Waals surface area contributed by atoms with Crippen molar-refractivity contribution in [2.45, 2.75) is 57.4 Å². The molecule has 1 aromatic carbocycles. The molecule has 2 N–H and O–H groups in total. The fraction of sp³-hybridized carbons (Fsp3) is 0.650. The Morgan fingerprint density at radius 1 is 1.23 bits per heavy atom. The number of hydrogen-bond donors (Lipinski definition) is 2. The molecule has 2 bridgehead atoms. The summed E-state index contributed by atoms with van der Waals surface area (Å²) in [7, 11) is 1.85. The van der Waals surface area contributed by atoms with E-state index in [1.165, 1.54) is 18.4 Å². The van der Waals surface area contributed by atoms with Gasteiger partial charge in [0.25, 0.3) is 0 Å². The number of aliphatic imine (C=N–C) groups is 1. The van der Waals surface area contributed by atoms with Crippen molar-refractivity contribution in [3.63, 3.8) is 0 Å². The SMILES string of the molecule is CCN(CC)C(CNC(=NC)NC1CC2CCC1O2)c1ccccc1.I. The molecule has 146 valence electrons. The van der Waals surface area contributed by atoms with E-state index in [-0.39, 0.29) is 24.0 Å². The van der Waals surface area contributed by atoms with E-state index in [1.807, 2.05) is 7.05 Å². The largest absolute Gasteiger partial charge is 0.373 e. The highest BCUT2D eigenvalue weighted by atomic mass is 127. The second-order valence-electron chi connectivity index (χ2n) is 6.96. The third-order valence-corrected chi connectivity index (χ3v) is 5.55. The standard InChI is InChI=1S/C20H32N4O.HI/c1-4-24(5-2)18(15-9-7-6-8-10-15)14-22-20(21-3)23-17-13-16-11-12-19(17)25-16;/h6-10,16-19H,4-5,11-14H2,1-3H3,(H2,21,22,23);1H. The van der Waals surface area contributed by atoms with E-state index >= 15 is 0 Å². The van der Waals surface area contributed by atoms with Crippen LogP contribution < -0.4 is 10.6 Å². The molecule has 4 atom stereocenters. The minimum absolute atomic E-state index is 0. The number of nitrogens with one attached hydrogen (secondary N) is 2. The minimum atomic E-state index is 0. The van der Waals surface area contributed by atoms with Crippen molar-refractivity contribution in [1.82, 2.24) is 15.5 Å². The lowest BCUT2D eigenvalue weighted by Crippen LogP contribution is -2.49. The Hall–Kier alpha value is -0.860. The van der Waals surface area contributed by atoms with Gasteiger partial charge in [0, 0.05) is 13.6 Å². The van der Waals surface area contributed by atoms with Crippen LogP contribution in [-0.2, 0) is 4.74 Å². The van der Waals surface area contributed by atoms with E-state index in [2.05, 4.69) is 64.7 Å². The lowest BCUT2D eigenvalue weighted by atomic mass is 9.96. The molecular formula is C20H33IN4O. The predicted molar refractivity (Wildman–Crippen MR) is 118 cm³/mol. The van der Waals surface area contributed by atoms with Crippen LogP contribution in [0.15, 0.2) is 35.3 Å². The summed E-state index contributed by atoms with van der Waals surface area (Å²) in [6, 6.07) is 11.5. The average molecular weight is 472 g/mol. The van der Waals surface area contributed by atoms with Gasteiger partial charge < -0.3 is 15.4 Å². The Bertz CT molecular complexity index is 564. The van der Waals surface area contributed by atoms with Crippen LogP contribution in [0.4, 0.5) is 0 Å². The van der Waals surface area contributed by atoms with Gasteiger partial charge in [0.1, 0.15) is 0 Å². The number of halogens is 1. The first-order valence-electron chi connectivity index (χ1n) is 9.66. The van der Waals surface area contributed by atoms with Crippen LogP contribution >= 0.6 is 24.0 Å². The summed E-state index contributed by atoms with van der Waals surface area (Å²) >= 11 is 0. The lowest BCUT2D eigenvalue weighted by Gasteiger charge is -2.31.